The molecule has 0 bridgehead atoms. The topological polar surface area (TPSA) is 54.1 Å². The third-order valence-electron chi connectivity index (χ3n) is 5.44. The van der Waals surface area contributed by atoms with E-state index in [1.807, 2.05) is 36.7 Å². The molecule has 32 heavy (non-hydrogen) atoms. The van der Waals surface area contributed by atoms with Crippen molar-refractivity contribution in [3.05, 3.63) is 83.4 Å². The first kappa shape index (κ1) is 21.8. The molecule has 0 N–H and O–H groups in total. The van der Waals surface area contributed by atoms with Crippen LogP contribution < -0.4 is 4.74 Å². The number of ether oxygens (including phenoxy) is 2. The van der Waals surface area contributed by atoms with Crippen LogP contribution in [0.4, 0.5) is 0 Å². The van der Waals surface area contributed by atoms with Crippen molar-refractivity contribution in [3.63, 3.8) is 0 Å². The Morgan fingerprint density at radius 2 is 1.69 bits per heavy atom. The number of para-hydroxylation sites is 1. The first-order valence-corrected chi connectivity index (χ1v) is 10.9. The van der Waals surface area contributed by atoms with Crippen LogP contribution in [0.2, 0.25) is 0 Å². The zero-order chi connectivity index (χ0) is 22.7. The highest BCUT2D eigenvalue weighted by Gasteiger charge is 2.19. The molecule has 0 amide bonds. The highest BCUT2D eigenvalue weighted by molar-refractivity contribution is 5.63. The van der Waals surface area contributed by atoms with E-state index in [9.17, 15) is 0 Å². The molecule has 0 unspecified atom stereocenters. The highest BCUT2D eigenvalue weighted by atomic mass is 16.5. The van der Waals surface area contributed by atoms with Gasteiger partial charge in [0.1, 0.15) is 12.4 Å². The molecule has 0 radical (unpaired) electrons. The Balaban J connectivity index is 1.75. The van der Waals surface area contributed by atoms with Crippen molar-refractivity contribution in [3.8, 4) is 22.8 Å². The quantitative estimate of drug-likeness (QED) is 0.379. The van der Waals surface area contributed by atoms with Crippen LogP contribution in [0.3, 0.4) is 0 Å². The molecule has 6 heteroatoms. The Morgan fingerprint density at radius 1 is 0.969 bits per heavy atom. The van der Waals surface area contributed by atoms with Crippen molar-refractivity contribution in [2.45, 2.75) is 47.0 Å². The van der Waals surface area contributed by atoms with Crippen molar-refractivity contribution in [2.24, 2.45) is 0 Å². The number of hydrogen-bond donors (Lipinski definition) is 0. The molecule has 0 saturated heterocycles. The standard InChI is InChI=1S/C26H30N4O2/c1-18(2)32-17-25-27-26(29(28-25)16-21-11-13-23(31-5)14-12-21)24-15-19(3)30(20(24)4)22-9-7-6-8-10-22/h6-15,18H,16-17H2,1-5H3. The van der Waals surface area contributed by atoms with Crippen LogP contribution in [0.1, 0.15) is 36.6 Å². The van der Waals surface area contributed by atoms with Gasteiger partial charge in [-0.05, 0) is 63.6 Å². The number of methoxy groups -OCH3 is 1. The van der Waals surface area contributed by atoms with Crippen LogP contribution in [-0.2, 0) is 17.9 Å². The zero-order valence-corrected chi connectivity index (χ0v) is 19.4. The van der Waals surface area contributed by atoms with Crippen LogP contribution in [0.5, 0.6) is 5.75 Å². The lowest BCUT2D eigenvalue weighted by Crippen LogP contribution is -2.06. The van der Waals surface area contributed by atoms with Gasteiger partial charge in [0.05, 0.1) is 19.8 Å². The Kier molecular flexibility index (Phi) is 6.42. The maximum atomic E-state index is 5.78. The predicted octanol–water partition coefficient (Wildman–Crippen LogP) is 5.33. The third kappa shape index (κ3) is 4.60. The van der Waals surface area contributed by atoms with E-state index in [1.54, 1.807) is 7.11 Å². The molecule has 0 atom stereocenters. The van der Waals surface area contributed by atoms with E-state index in [1.165, 1.54) is 0 Å². The fraction of sp³-hybridized carbons (Fsp3) is 0.308. The lowest BCUT2D eigenvalue weighted by molar-refractivity contribution is 0.0612. The van der Waals surface area contributed by atoms with Crippen LogP contribution >= 0.6 is 0 Å². The smallest absolute Gasteiger partial charge is 0.176 e. The molecule has 0 fully saturated rings. The van der Waals surface area contributed by atoms with Gasteiger partial charge in [-0.1, -0.05) is 30.3 Å². The number of aryl methyl sites for hydroxylation is 1. The summed E-state index contributed by atoms with van der Waals surface area (Å²) in [5.74, 6) is 2.37. The minimum absolute atomic E-state index is 0.120. The Hall–Kier alpha value is -3.38. The molecule has 4 rings (SSSR count). The molecule has 0 aliphatic carbocycles. The summed E-state index contributed by atoms with van der Waals surface area (Å²) in [5, 5.41) is 4.79. The van der Waals surface area contributed by atoms with E-state index in [4.69, 9.17) is 19.6 Å². The summed E-state index contributed by atoms with van der Waals surface area (Å²) in [7, 11) is 1.67. The SMILES string of the molecule is COc1ccc(Cn2nc(COC(C)C)nc2-c2cc(C)n(-c3ccccc3)c2C)cc1. The summed E-state index contributed by atoms with van der Waals surface area (Å²) < 4.78 is 15.3. The van der Waals surface area contributed by atoms with Gasteiger partial charge in [0.15, 0.2) is 11.6 Å². The fourth-order valence-electron chi connectivity index (χ4n) is 3.87. The molecule has 2 aromatic carbocycles. The van der Waals surface area contributed by atoms with Crippen LogP contribution in [0, 0.1) is 13.8 Å². The first-order valence-electron chi connectivity index (χ1n) is 10.9. The monoisotopic (exact) mass is 430 g/mol. The molecule has 2 heterocycles. The summed E-state index contributed by atoms with van der Waals surface area (Å²) in [6, 6.07) is 20.6. The number of aromatic nitrogens is 4. The maximum Gasteiger partial charge on any atom is 0.176 e. The molecular weight excluding hydrogens is 400 g/mol. The highest BCUT2D eigenvalue weighted by Crippen LogP contribution is 2.29. The van der Waals surface area contributed by atoms with Crippen molar-refractivity contribution in [1.29, 1.82) is 0 Å². The van der Waals surface area contributed by atoms with Gasteiger partial charge in [-0.15, -0.1) is 0 Å². The van der Waals surface area contributed by atoms with Crippen molar-refractivity contribution < 1.29 is 9.47 Å². The van der Waals surface area contributed by atoms with Gasteiger partial charge < -0.3 is 14.0 Å². The van der Waals surface area contributed by atoms with Crippen molar-refractivity contribution in [2.75, 3.05) is 7.11 Å². The summed E-state index contributed by atoms with van der Waals surface area (Å²) in [5.41, 5.74) is 5.63. The van der Waals surface area contributed by atoms with E-state index in [2.05, 4.69) is 60.9 Å². The van der Waals surface area contributed by atoms with Gasteiger partial charge in [0.25, 0.3) is 0 Å². The van der Waals surface area contributed by atoms with Gasteiger partial charge in [0, 0.05) is 22.6 Å². The Morgan fingerprint density at radius 3 is 2.34 bits per heavy atom. The van der Waals surface area contributed by atoms with E-state index >= 15 is 0 Å². The summed E-state index contributed by atoms with van der Waals surface area (Å²) >= 11 is 0. The molecule has 0 aliphatic heterocycles. The van der Waals surface area contributed by atoms with Crippen molar-refractivity contribution >= 4 is 0 Å². The predicted molar refractivity (Wildman–Crippen MR) is 126 cm³/mol. The van der Waals surface area contributed by atoms with Gasteiger partial charge in [0.2, 0.25) is 0 Å². The summed E-state index contributed by atoms with van der Waals surface area (Å²) in [4.78, 5) is 4.88. The van der Waals surface area contributed by atoms with Crippen LogP contribution in [-0.4, -0.2) is 32.5 Å². The van der Waals surface area contributed by atoms with E-state index in [0.29, 0.717) is 19.0 Å². The zero-order valence-electron chi connectivity index (χ0n) is 19.4. The number of rotatable bonds is 8. The van der Waals surface area contributed by atoms with Gasteiger partial charge in [-0.25, -0.2) is 9.67 Å². The van der Waals surface area contributed by atoms with Crippen LogP contribution in [0.25, 0.3) is 17.1 Å². The number of hydrogen-bond acceptors (Lipinski definition) is 4. The van der Waals surface area contributed by atoms with Crippen LogP contribution in [0.15, 0.2) is 60.7 Å². The second-order valence-electron chi connectivity index (χ2n) is 8.17. The van der Waals surface area contributed by atoms with E-state index in [-0.39, 0.29) is 6.10 Å². The first-order chi connectivity index (χ1) is 15.5. The summed E-state index contributed by atoms with van der Waals surface area (Å²) in [6.07, 6.45) is 0.120. The summed E-state index contributed by atoms with van der Waals surface area (Å²) in [6.45, 7) is 9.29. The minimum atomic E-state index is 0.120. The van der Waals surface area contributed by atoms with E-state index < -0.39 is 0 Å². The minimum Gasteiger partial charge on any atom is -0.497 e. The molecule has 0 aliphatic rings. The average molecular weight is 431 g/mol. The normalized spacial score (nSPS) is 11.3. The van der Waals surface area contributed by atoms with E-state index in [0.717, 1.165) is 39.8 Å². The molecule has 4 aromatic rings. The third-order valence-corrected chi connectivity index (χ3v) is 5.44. The Bertz CT molecular complexity index is 1170. The molecule has 166 valence electrons. The Labute approximate surface area is 189 Å². The maximum absolute atomic E-state index is 5.78. The van der Waals surface area contributed by atoms with Gasteiger partial charge >= 0.3 is 0 Å². The van der Waals surface area contributed by atoms with Crippen molar-refractivity contribution in [1.82, 2.24) is 19.3 Å². The van der Waals surface area contributed by atoms with Gasteiger partial charge in [-0.2, -0.15) is 5.10 Å². The molecule has 6 nitrogen and oxygen atoms in total. The number of benzene rings is 2. The molecular formula is C26H30N4O2. The fourth-order valence-corrected chi connectivity index (χ4v) is 3.87. The molecule has 0 saturated carbocycles. The molecule has 2 aromatic heterocycles. The lowest BCUT2D eigenvalue weighted by Gasteiger charge is -2.10. The average Bonchev–Trinajstić information content (AvgIpc) is 3.32. The largest absolute Gasteiger partial charge is 0.497 e. The lowest BCUT2D eigenvalue weighted by atomic mass is 10.2. The van der Waals surface area contributed by atoms with Gasteiger partial charge in [-0.3, -0.25) is 0 Å². The molecule has 0 spiro atoms. The number of nitrogens with zero attached hydrogens (tertiary/aromatic N) is 4. The second-order valence-corrected chi connectivity index (χ2v) is 8.17. The second kappa shape index (κ2) is 9.40.